The summed E-state index contributed by atoms with van der Waals surface area (Å²) in [6.45, 7) is 1.12. The first-order valence-electron chi connectivity index (χ1n) is 10.1. The summed E-state index contributed by atoms with van der Waals surface area (Å²) >= 11 is 0. The molecule has 1 aromatic carbocycles. The molecule has 2 nitrogen and oxygen atoms in total. The summed E-state index contributed by atoms with van der Waals surface area (Å²) in [7, 11) is 0. The van der Waals surface area contributed by atoms with Gasteiger partial charge in [0.2, 0.25) is 0 Å². The van der Waals surface area contributed by atoms with Crippen molar-refractivity contribution >= 4 is 5.91 Å². The Morgan fingerprint density at radius 3 is 2.14 bits per heavy atom. The molecule has 3 rings (SSSR count). The van der Waals surface area contributed by atoms with E-state index in [1.165, 1.54) is 6.42 Å². The van der Waals surface area contributed by atoms with Gasteiger partial charge in [-0.05, 0) is 49.3 Å². The predicted molar refractivity (Wildman–Crippen MR) is 96.4 cm³/mol. The highest BCUT2D eigenvalue weighted by Gasteiger charge is 2.42. The predicted octanol–water partition coefficient (Wildman–Crippen LogP) is 6.51. The van der Waals surface area contributed by atoms with Crippen molar-refractivity contribution in [1.82, 2.24) is 5.32 Å². The minimum Gasteiger partial charge on any atom is -0.349 e. The van der Waals surface area contributed by atoms with Crippen molar-refractivity contribution in [2.75, 3.05) is 0 Å². The van der Waals surface area contributed by atoms with Crippen molar-refractivity contribution in [3.05, 3.63) is 34.4 Å². The zero-order chi connectivity index (χ0) is 21.4. The molecule has 0 heterocycles. The zero-order valence-electron chi connectivity index (χ0n) is 16.2. The minimum atomic E-state index is -5.06. The molecular formula is C21H25F6NO. The Bertz CT molecular complexity index is 749. The number of rotatable bonds is 3. The summed E-state index contributed by atoms with van der Waals surface area (Å²) in [6, 6.07) is 0.417. The molecule has 0 bridgehead atoms. The lowest BCUT2D eigenvalue weighted by molar-refractivity contribution is -0.143. The lowest BCUT2D eigenvalue weighted by Crippen LogP contribution is -2.41. The molecule has 2 aliphatic carbocycles. The fourth-order valence-electron chi connectivity index (χ4n) is 5.01. The highest BCUT2D eigenvalue weighted by Crippen LogP contribution is 2.41. The van der Waals surface area contributed by atoms with E-state index >= 15 is 0 Å². The van der Waals surface area contributed by atoms with Crippen LogP contribution < -0.4 is 5.32 Å². The molecule has 29 heavy (non-hydrogen) atoms. The van der Waals surface area contributed by atoms with Gasteiger partial charge < -0.3 is 5.32 Å². The van der Waals surface area contributed by atoms with Gasteiger partial charge in [0.15, 0.2) is 0 Å². The number of benzene rings is 1. The second-order valence-corrected chi connectivity index (χ2v) is 8.28. The topological polar surface area (TPSA) is 29.1 Å². The standard InChI is InChI=1S/C21H25F6NO/c1-12-10-14(20(22,23)24)11-16(21(25,26)27)18(12)19(29)28-17-9-5-8-15(17)13-6-3-2-4-7-13/h10-11,13,15,17H,2-9H2,1H3,(H,28,29)/t15-,17-/m0/s1. The lowest BCUT2D eigenvalue weighted by Gasteiger charge is -2.32. The van der Waals surface area contributed by atoms with Crippen molar-refractivity contribution in [3.8, 4) is 0 Å². The summed E-state index contributed by atoms with van der Waals surface area (Å²) < 4.78 is 79.4. The van der Waals surface area contributed by atoms with Crippen molar-refractivity contribution in [2.45, 2.75) is 76.7 Å². The van der Waals surface area contributed by atoms with E-state index in [9.17, 15) is 31.1 Å². The van der Waals surface area contributed by atoms with E-state index < -0.39 is 35.0 Å². The smallest absolute Gasteiger partial charge is 0.349 e. The van der Waals surface area contributed by atoms with Crippen LogP contribution in [0.25, 0.3) is 0 Å². The van der Waals surface area contributed by atoms with Crippen molar-refractivity contribution in [2.24, 2.45) is 11.8 Å². The molecule has 2 saturated carbocycles. The molecule has 1 N–H and O–H groups in total. The molecule has 1 aromatic rings. The van der Waals surface area contributed by atoms with E-state index in [0.29, 0.717) is 18.4 Å². The van der Waals surface area contributed by atoms with Crippen LogP contribution in [0.3, 0.4) is 0 Å². The SMILES string of the molecule is Cc1cc(C(F)(F)F)cc(C(F)(F)F)c1C(=O)N[C@H]1CCC[C@H]1C1CCCCC1. The number of nitrogens with one attached hydrogen (secondary N) is 1. The van der Waals surface area contributed by atoms with Gasteiger partial charge in [-0.1, -0.05) is 38.5 Å². The first-order chi connectivity index (χ1) is 13.5. The molecule has 0 unspecified atom stereocenters. The fraction of sp³-hybridized carbons (Fsp3) is 0.667. The van der Waals surface area contributed by atoms with Crippen LogP contribution in [0.4, 0.5) is 26.3 Å². The van der Waals surface area contributed by atoms with Crippen LogP contribution in [0.5, 0.6) is 0 Å². The summed E-state index contributed by atoms with van der Waals surface area (Å²) in [6.07, 6.45) is -1.93. The number of aryl methyl sites for hydroxylation is 1. The molecule has 2 atom stereocenters. The molecule has 0 saturated heterocycles. The van der Waals surface area contributed by atoms with E-state index in [4.69, 9.17) is 0 Å². The maximum absolute atomic E-state index is 13.5. The van der Waals surface area contributed by atoms with Gasteiger partial charge in [0.1, 0.15) is 0 Å². The van der Waals surface area contributed by atoms with Gasteiger partial charge in [-0.25, -0.2) is 0 Å². The second-order valence-electron chi connectivity index (χ2n) is 8.28. The Labute approximate surface area is 166 Å². The number of carbonyl (C=O) groups is 1. The van der Waals surface area contributed by atoms with Crippen LogP contribution in [0.15, 0.2) is 12.1 Å². The lowest BCUT2D eigenvalue weighted by atomic mass is 9.77. The third-order valence-electron chi connectivity index (χ3n) is 6.34. The summed E-state index contributed by atoms with van der Waals surface area (Å²) in [5, 5.41) is 2.73. The molecule has 2 fully saturated rings. The third-order valence-corrected chi connectivity index (χ3v) is 6.34. The van der Waals surface area contributed by atoms with Gasteiger partial charge in [0, 0.05) is 6.04 Å². The minimum absolute atomic E-state index is 0.0369. The van der Waals surface area contributed by atoms with Gasteiger partial charge in [-0.15, -0.1) is 0 Å². The van der Waals surface area contributed by atoms with Gasteiger partial charge >= 0.3 is 12.4 Å². The van der Waals surface area contributed by atoms with Gasteiger partial charge in [-0.3, -0.25) is 4.79 Å². The Morgan fingerprint density at radius 1 is 0.897 bits per heavy atom. The average molecular weight is 421 g/mol. The van der Waals surface area contributed by atoms with E-state index in [1.54, 1.807) is 0 Å². The molecule has 8 heteroatoms. The van der Waals surface area contributed by atoms with Crippen molar-refractivity contribution in [3.63, 3.8) is 0 Å². The number of hydrogen-bond donors (Lipinski definition) is 1. The number of halogens is 6. The zero-order valence-corrected chi connectivity index (χ0v) is 16.2. The highest BCUT2D eigenvalue weighted by molar-refractivity contribution is 5.97. The third kappa shape index (κ3) is 4.89. The summed E-state index contributed by atoms with van der Waals surface area (Å²) in [5.41, 5.74) is -3.97. The van der Waals surface area contributed by atoms with E-state index in [-0.39, 0.29) is 23.6 Å². The van der Waals surface area contributed by atoms with Crippen LogP contribution in [-0.2, 0) is 12.4 Å². The number of hydrogen-bond acceptors (Lipinski definition) is 1. The first kappa shape index (κ1) is 22.0. The Hall–Kier alpha value is -1.73. The van der Waals surface area contributed by atoms with Gasteiger partial charge in [-0.2, -0.15) is 26.3 Å². The van der Waals surface area contributed by atoms with Crippen molar-refractivity contribution in [1.29, 1.82) is 0 Å². The van der Waals surface area contributed by atoms with E-state index in [2.05, 4.69) is 5.32 Å². The van der Waals surface area contributed by atoms with E-state index in [1.807, 2.05) is 0 Å². The maximum Gasteiger partial charge on any atom is 0.417 e. The van der Waals surface area contributed by atoms with Crippen molar-refractivity contribution < 1.29 is 31.1 Å². The Balaban J connectivity index is 1.88. The molecule has 0 aliphatic heterocycles. The molecule has 0 spiro atoms. The fourth-order valence-corrected chi connectivity index (χ4v) is 5.01. The molecule has 0 radical (unpaired) electrons. The monoisotopic (exact) mass is 421 g/mol. The molecule has 162 valence electrons. The average Bonchev–Trinajstić information content (AvgIpc) is 3.08. The maximum atomic E-state index is 13.5. The largest absolute Gasteiger partial charge is 0.417 e. The van der Waals surface area contributed by atoms with E-state index in [0.717, 1.165) is 45.4 Å². The number of carbonyl (C=O) groups excluding carboxylic acids is 1. The van der Waals surface area contributed by atoms with Crippen LogP contribution in [0.1, 0.15) is 78.4 Å². The number of amides is 1. The van der Waals surface area contributed by atoms with Gasteiger partial charge in [0.05, 0.1) is 16.7 Å². The van der Waals surface area contributed by atoms with Crippen LogP contribution in [-0.4, -0.2) is 11.9 Å². The van der Waals surface area contributed by atoms with Crippen LogP contribution in [0.2, 0.25) is 0 Å². The summed E-state index contributed by atoms with van der Waals surface area (Å²) in [4.78, 5) is 12.8. The second kappa shape index (κ2) is 8.19. The normalized spacial score (nSPS) is 24.0. The molecule has 2 aliphatic rings. The van der Waals surface area contributed by atoms with Crippen LogP contribution in [0, 0.1) is 18.8 Å². The number of alkyl halides is 6. The molecule has 0 aromatic heterocycles. The first-order valence-corrected chi connectivity index (χ1v) is 10.1. The van der Waals surface area contributed by atoms with Gasteiger partial charge in [0.25, 0.3) is 5.91 Å². The highest BCUT2D eigenvalue weighted by atomic mass is 19.4. The summed E-state index contributed by atoms with van der Waals surface area (Å²) in [5.74, 6) is -0.257. The quantitative estimate of drug-likeness (QED) is 0.554. The van der Waals surface area contributed by atoms with Crippen LogP contribution >= 0.6 is 0 Å². The molecular weight excluding hydrogens is 396 g/mol. The Kier molecular flexibility index (Phi) is 6.20. The Morgan fingerprint density at radius 2 is 1.55 bits per heavy atom. The molecule has 1 amide bonds.